The summed E-state index contributed by atoms with van der Waals surface area (Å²) in [5, 5.41) is 9.62. The van der Waals surface area contributed by atoms with E-state index in [1.165, 1.54) is 0 Å². The van der Waals surface area contributed by atoms with Crippen molar-refractivity contribution in [1.29, 1.82) is 5.26 Å². The van der Waals surface area contributed by atoms with Gasteiger partial charge in [0.2, 0.25) is 5.91 Å². The molecule has 2 aliphatic rings. The first-order valence-corrected chi connectivity index (χ1v) is 8.04. The zero-order valence-corrected chi connectivity index (χ0v) is 12.9. The largest absolute Gasteiger partial charge is 0.337 e. The highest BCUT2D eigenvalue weighted by atomic mass is 16.2. The van der Waals surface area contributed by atoms with E-state index in [9.17, 15) is 10.1 Å². The predicted molar refractivity (Wildman–Crippen MR) is 79.0 cm³/mol. The lowest BCUT2D eigenvalue weighted by Gasteiger charge is -2.38. The summed E-state index contributed by atoms with van der Waals surface area (Å²) in [5.41, 5.74) is -0.728. The minimum atomic E-state index is -0.728. The monoisotopic (exact) mass is 277 g/mol. The molecule has 4 nitrogen and oxygen atoms in total. The fourth-order valence-electron chi connectivity index (χ4n) is 3.66. The van der Waals surface area contributed by atoms with Gasteiger partial charge in [0.05, 0.1) is 6.07 Å². The molecule has 1 aliphatic carbocycles. The number of likely N-dealkylation sites (N-methyl/N-ethyl adjacent to an activating group) is 1. The molecule has 1 unspecified atom stereocenters. The molecule has 0 radical (unpaired) electrons. The van der Waals surface area contributed by atoms with Gasteiger partial charge in [-0.15, -0.1) is 0 Å². The number of nitriles is 1. The van der Waals surface area contributed by atoms with Gasteiger partial charge in [0.15, 0.2) is 0 Å². The maximum Gasteiger partial charge on any atom is 0.243 e. The molecule has 0 bridgehead atoms. The molecular weight excluding hydrogens is 250 g/mol. The summed E-state index contributed by atoms with van der Waals surface area (Å²) in [5.74, 6) is 0.113. The average Bonchev–Trinajstić information content (AvgIpc) is 2.68. The Hall–Kier alpha value is -1.08. The van der Waals surface area contributed by atoms with Crippen molar-refractivity contribution < 1.29 is 4.79 Å². The van der Waals surface area contributed by atoms with Crippen LogP contribution in [0, 0.1) is 16.7 Å². The second-order valence-electron chi connectivity index (χ2n) is 6.43. The molecular formula is C16H27N3O. The average molecular weight is 277 g/mol. The normalized spacial score (nSPS) is 27.6. The summed E-state index contributed by atoms with van der Waals surface area (Å²) >= 11 is 0. The summed E-state index contributed by atoms with van der Waals surface area (Å²) < 4.78 is 0. The Labute approximate surface area is 122 Å². The lowest BCUT2D eigenvalue weighted by atomic mass is 9.74. The van der Waals surface area contributed by atoms with E-state index in [0.717, 1.165) is 64.6 Å². The minimum Gasteiger partial charge on any atom is -0.337 e. The fraction of sp³-hybridized carbons (Fsp3) is 0.875. The van der Waals surface area contributed by atoms with Crippen molar-refractivity contribution in [3.8, 4) is 6.07 Å². The van der Waals surface area contributed by atoms with Crippen molar-refractivity contribution in [3.05, 3.63) is 0 Å². The summed E-state index contributed by atoms with van der Waals surface area (Å²) in [6.45, 7) is 4.93. The van der Waals surface area contributed by atoms with E-state index < -0.39 is 5.41 Å². The lowest BCUT2D eigenvalue weighted by Crippen LogP contribution is -2.50. The highest BCUT2D eigenvalue weighted by molar-refractivity contribution is 5.86. The standard InChI is InChI=1S/C16H27N3O/c1-3-14-12-18(2)10-7-11-19(14)15(20)16(13-17)8-5-4-6-9-16/h14H,3-12H2,1-2H3. The van der Waals surface area contributed by atoms with Gasteiger partial charge in [0.25, 0.3) is 0 Å². The van der Waals surface area contributed by atoms with Gasteiger partial charge in [-0.05, 0) is 39.3 Å². The molecule has 1 aliphatic heterocycles. The summed E-state index contributed by atoms with van der Waals surface area (Å²) in [6.07, 6.45) is 6.69. The molecule has 0 aromatic heterocycles. The maximum atomic E-state index is 13.0. The molecule has 0 N–H and O–H groups in total. The SMILES string of the molecule is CCC1CN(C)CCCN1C(=O)C1(C#N)CCCCC1. The van der Waals surface area contributed by atoms with Gasteiger partial charge in [-0.1, -0.05) is 26.2 Å². The Bertz CT molecular complexity index is 382. The van der Waals surface area contributed by atoms with Gasteiger partial charge < -0.3 is 9.80 Å². The third-order valence-corrected chi connectivity index (χ3v) is 4.96. The van der Waals surface area contributed by atoms with Crippen LogP contribution in [0.25, 0.3) is 0 Å². The number of amides is 1. The van der Waals surface area contributed by atoms with Gasteiger partial charge in [-0.3, -0.25) is 4.79 Å². The van der Waals surface area contributed by atoms with Crippen LogP contribution in [0.3, 0.4) is 0 Å². The van der Waals surface area contributed by atoms with Crippen molar-refractivity contribution in [2.45, 2.75) is 57.9 Å². The molecule has 1 atom stereocenters. The van der Waals surface area contributed by atoms with Crippen LogP contribution >= 0.6 is 0 Å². The van der Waals surface area contributed by atoms with Gasteiger partial charge in [-0.2, -0.15) is 5.26 Å². The molecule has 1 saturated carbocycles. The maximum absolute atomic E-state index is 13.0. The van der Waals surface area contributed by atoms with Crippen molar-refractivity contribution in [1.82, 2.24) is 9.80 Å². The first-order chi connectivity index (χ1) is 9.63. The zero-order chi connectivity index (χ0) is 14.6. The van der Waals surface area contributed by atoms with Crippen LogP contribution in [0.15, 0.2) is 0 Å². The minimum absolute atomic E-state index is 0.113. The fourth-order valence-corrected chi connectivity index (χ4v) is 3.66. The molecule has 0 aromatic carbocycles. The lowest BCUT2D eigenvalue weighted by molar-refractivity contribution is -0.143. The molecule has 1 amide bonds. The Morgan fingerprint density at radius 1 is 1.25 bits per heavy atom. The highest BCUT2D eigenvalue weighted by Gasteiger charge is 2.44. The number of carbonyl (C=O) groups is 1. The van der Waals surface area contributed by atoms with E-state index in [0.29, 0.717) is 0 Å². The van der Waals surface area contributed by atoms with Gasteiger partial charge in [0.1, 0.15) is 5.41 Å². The molecule has 2 fully saturated rings. The number of rotatable bonds is 2. The molecule has 2 rings (SSSR count). The summed E-state index contributed by atoms with van der Waals surface area (Å²) in [7, 11) is 2.12. The number of hydrogen-bond acceptors (Lipinski definition) is 3. The highest BCUT2D eigenvalue weighted by Crippen LogP contribution is 2.38. The number of hydrogen-bond donors (Lipinski definition) is 0. The van der Waals surface area contributed by atoms with Crippen molar-refractivity contribution >= 4 is 5.91 Å². The quantitative estimate of drug-likeness (QED) is 0.778. The van der Waals surface area contributed by atoms with Crippen LogP contribution in [0.1, 0.15) is 51.9 Å². The Kier molecular flexibility index (Phi) is 5.04. The third kappa shape index (κ3) is 2.98. The van der Waals surface area contributed by atoms with E-state index >= 15 is 0 Å². The second kappa shape index (κ2) is 6.58. The van der Waals surface area contributed by atoms with E-state index in [1.54, 1.807) is 0 Å². The van der Waals surface area contributed by atoms with E-state index in [-0.39, 0.29) is 11.9 Å². The molecule has 4 heteroatoms. The molecule has 1 saturated heterocycles. The van der Waals surface area contributed by atoms with E-state index in [4.69, 9.17) is 0 Å². The Balaban J connectivity index is 2.18. The zero-order valence-electron chi connectivity index (χ0n) is 12.9. The van der Waals surface area contributed by atoms with Crippen molar-refractivity contribution in [2.24, 2.45) is 5.41 Å². The summed E-state index contributed by atoms with van der Waals surface area (Å²) in [6, 6.07) is 2.65. The smallest absolute Gasteiger partial charge is 0.243 e. The van der Waals surface area contributed by atoms with Crippen LogP contribution in [0.4, 0.5) is 0 Å². The van der Waals surface area contributed by atoms with Crippen LogP contribution in [0.5, 0.6) is 0 Å². The third-order valence-electron chi connectivity index (χ3n) is 4.96. The Morgan fingerprint density at radius 3 is 2.55 bits per heavy atom. The first kappa shape index (κ1) is 15.3. The first-order valence-electron chi connectivity index (χ1n) is 8.04. The van der Waals surface area contributed by atoms with Crippen molar-refractivity contribution in [3.63, 3.8) is 0 Å². The number of nitrogens with zero attached hydrogens (tertiary/aromatic N) is 3. The van der Waals surface area contributed by atoms with Crippen LogP contribution < -0.4 is 0 Å². The predicted octanol–water partition coefficient (Wildman–Crippen LogP) is 2.40. The summed E-state index contributed by atoms with van der Waals surface area (Å²) in [4.78, 5) is 17.4. The Morgan fingerprint density at radius 2 is 1.95 bits per heavy atom. The molecule has 0 spiro atoms. The van der Waals surface area contributed by atoms with Crippen LogP contribution in [0.2, 0.25) is 0 Å². The molecule has 1 heterocycles. The number of carbonyl (C=O) groups excluding carboxylic acids is 1. The van der Waals surface area contributed by atoms with E-state index in [2.05, 4.69) is 24.9 Å². The van der Waals surface area contributed by atoms with Crippen LogP contribution in [-0.2, 0) is 4.79 Å². The molecule has 20 heavy (non-hydrogen) atoms. The molecule has 112 valence electrons. The second-order valence-corrected chi connectivity index (χ2v) is 6.43. The topological polar surface area (TPSA) is 47.3 Å². The van der Waals surface area contributed by atoms with Gasteiger partial charge >= 0.3 is 0 Å². The van der Waals surface area contributed by atoms with Crippen LogP contribution in [-0.4, -0.2) is 48.4 Å². The van der Waals surface area contributed by atoms with Gasteiger partial charge in [0, 0.05) is 19.1 Å². The van der Waals surface area contributed by atoms with E-state index in [1.807, 2.05) is 4.90 Å². The molecule has 0 aromatic rings. The van der Waals surface area contributed by atoms with Gasteiger partial charge in [-0.25, -0.2) is 0 Å². The van der Waals surface area contributed by atoms with Crippen molar-refractivity contribution in [2.75, 3.05) is 26.7 Å².